The number of benzene rings is 1. The lowest BCUT2D eigenvalue weighted by Crippen LogP contribution is -1.98. The van der Waals surface area contributed by atoms with E-state index in [1.165, 1.54) is 12.0 Å². The second-order valence-corrected chi connectivity index (χ2v) is 4.76. The molecule has 0 radical (unpaired) electrons. The number of aromatic nitrogens is 1. The van der Waals surface area contributed by atoms with E-state index in [1.54, 1.807) is 0 Å². The first-order valence-electron chi connectivity index (χ1n) is 6.61. The minimum absolute atomic E-state index is 0.690. The van der Waals surface area contributed by atoms with Crippen LogP contribution < -0.4 is 5.32 Å². The molecule has 1 aromatic heterocycles. The van der Waals surface area contributed by atoms with Gasteiger partial charge in [-0.2, -0.15) is 5.26 Å². The fourth-order valence-electron chi connectivity index (χ4n) is 2.12. The van der Waals surface area contributed by atoms with Gasteiger partial charge in [0.15, 0.2) is 0 Å². The van der Waals surface area contributed by atoms with Gasteiger partial charge in [-0.25, -0.2) is 0 Å². The van der Waals surface area contributed by atoms with E-state index in [0.29, 0.717) is 5.69 Å². The first-order chi connectivity index (χ1) is 9.22. The van der Waals surface area contributed by atoms with E-state index in [1.807, 2.05) is 23.9 Å². The van der Waals surface area contributed by atoms with Crippen molar-refractivity contribution in [3.05, 3.63) is 53.3 Å². The van der Waals surface area contributed by atoms with Crippen LogP contribution in [-0.2, 0) is 20.0 Å². The maximum atomic E-state index is 8.91. The molecule has 0 aliphatic carbocycles. The van der Waals surface area contributed by atoms with Crippen molar-refractivity contribution in [1.29, 1.82) is 5.26 Å². The van der Waals surface area contributed by atoms with E-state index in [-0.39, 0.29) is 0 Å². The number of rotatable bonds is 5. The maximum absolute atomic E-state index is 8.91. The largest absolute Gasteiger partial charge is 0.381 e. The molecule has 0 amide bonds. The summed E-state index contributed by atoms with van der Waals surface area (Å²) in [6.07, 6.45) is 4.29. The van der Waals surface area contributed by atoms with Crippen LogP contribution in [0.4, 0.5) is 5.69 Å². The van der Waals surface area contributed by atoms with Gasteiger partial charge < -0.3 is 9.88 Å². The van der Waals surface area contributed by atoms with E-state index in [0.717, 1.165) is 24.2 Å². The Hall–Kier alpha value is -2.21. The van der Waals surface area contributed by atoms with Crippen molar-refractivity contribution < 1.29 is 0 Å². The number of nitrogens with zero attached hydrogens (tertiary/aromatic N) is 2. The van der Waals surface area contributed by atoms with Gasteiger partial charge in [0.1, 0.15) is 11.8 Å². The normalized spacial score (nSPS) is 10.2. The minimum Gasteiger partial charge on any atom is -0.381 e. The van der Waals surface area contributed by atoms with Gasteiger partial charge in [0, 0.05) is 25.5 Å². The zero-order valence-corrected chi connectivity index (χ0v) is 11.5. The summed E-state index contributed by atoms with van der Waals surface area (Å²) in [6, 6.07) is 12.6. The Kier molecular flexibility index (Phi) is 4.25. The highest BCUT2D eigenvalue weighted by atomic mass is 14.9. The third-order valence-electron chi connectivity index (χ3n) is 3.17. The molecule has 98 valence electrons. The zero-order valence-electron chi connectivity index (χ0n) is 11.5. The second kappa shape index (κ2) is 6.10. The van der Waals surface area contributed by atoms with Gasteiger partial charge in [-0.1, -0.05) is 25.5 Å². The Morgan fingerprint density at radius 3 is 2.53 bits per heavy atom. The molecule has 1 heterocycles. The van der Waals surface area contributed by atoms with Gasteiger partial charge in [0.2, 0.25) is 0 Å². The minimum atomic E-state index is 0.690. The number of nitriles is 1. The molecule has 1 N–H and O–H groups in total. The van der Waals surface area contributed by atoms with Gasteiger partial charge in [-0.3, -0.25) is 0 Å². The van der Waals surface area contributed by atoms with Crippen molar-refractivity contribution in [2.75, 3.05) is 5.32 Å². The quantitative estimate of drug-likeness (QED) is 0.886. The molecule has 2 aromatic rings. The molecule has 1 aromatic carbocycles. The van der Waals surface area contributed by atoms with E-state index >= 15 is 0 Å². The number of hydrogen-bond donors (Lipinski definition) is 1. The lowest BCUT2D eigenvalue weighted by atomic mass is 10.1. The smallest absolute Gasteiger partial charge is 0.120 e. The molecule has 0 aliphatic heterocycles. The summed E-state index contributed by atoms with van der Waals surface area (Å²) in [5.41, 5.74) is 4.30. The second-order valence-electron chi connectivity index (χ2n) is 4.76. The van der Waals surface area contributed by atoms with Crippen LogP contribution in [0.1, 0.15) is 30.2 Å². The number of anilines is 1. The topological polar surface area (TPSA) is 40.8 Å². The summed E-state index contributed by atoms with van der Waals surface area (Å²) in [4.78, 5) is 0. The molecule has 0 spiro atoms. The summed E-state index contributed by atoms with van der Waals surface area (Å²) in [5.74, 6) is 0. The molecule has 0 fully saturated rings. The van der Waals surface area contributed by atoms with Crippen molar-refractivity contribution in [1.82, 2.24) is 4.57 Å². The summed E-state index contributed by atoms with van der Waals surface area (Å²) < 4.78 is 1.85. The van der Waals surface area contributed by atoms with E-state index < -0.39 is 0 Å². The molecule has 0 bridgehead atoms. The summed E-state index contributed by atoms with van der Waals surface area (Å²) in [5, 5.41) is 12.3. The van der Waals surface area contributed by atoms with Crippen molar-refractivity contribution in [3.63, 3.8) is 0 Å². The van der Waals surface area contributed by atoms with Crippen LogP contribution in [-0.4, -0.2) is 4.57 Å². The third kappa shape index (κ3) is 3.38. The molecule has 0 saturated heterocycles. The first kappa shape index (κ1) is 13.2. The molecular weight excluding hydrogens is 234 g/mol. The SMILES string of the molecule is CCCc1ccc(NCc2cc(C#N)n(C)c2)cc1. The van der Waals surface area contributed by atoms with Gasteiger partial charge in [0.25, 0.3) is 0 Å². The van der Waals surface area contributed by atoms with Crippen LogP contribution in [0, 0.1) is 11.3 Å². The highest BCUT2D eigenvalue weighted by Crippen LogP contribution is 2.13. The molecule has 0 saturated carbocycles. The van der Waals surface area contributed by atoms with Crippen LogP contribution in [0.25, 0.3) is 0 Å². The molecule has 3 heteroatoms. The predicted molar refractivity (Wildman–Crippen MR) is 77.9 cm³/mol. The average Bonchev–Trinajstić information content (AvgIpc) is 2.79. The van der Waals surface area contributed by atoms with Gasteiger partial charge in [0.05, 0.1) is 0 Å². The maximum Gasteiger partial charge on any atom is 0.120 e. The Morgan fingerprint density at radius 2 is 1.95 bits per heavy atom. The fraction of sp³-hybridized carbons (Fsp3) is 0.312. The monoisotopic (exact) mass is 253 g/mol. The Labute approximate surface area is 114 Å². The van der Waals surface area contributed by atoms with Gasteiger partial charge in [-0.15, -0.1) is 0 Å². The predicted octanol–water partition coefficient (Wildman–Crippen LogP) is 3.46. The summed E-state index contributed by atoms with van der Waals surface area (Å²) >= 11 is 0. The van der Waals surface area contributed by atoms with Crippen LogP contribution >= 0.6 is 0 Å². The lowest BCUT2D eigenvalue weighted by molar-refractivity contribution is 0.902. The van der Waals surface area contributed by atoms with E-state index in [2.05, 4.69) is 42.6 Å². The van der Waals surface area contributed by atoms with Crippen LogP contribution in [0.3, 0.4) is 0 Å². The van der Waals surface area contributed by atoms with Crippen LogP contribution in [0.15, 0.2) is 36.5 Å². The third-order valence-corrected chi connectivity index (χ3v) is 3.17. The standard InChI is InChI=1S/C16H19N3/c1-3-4-13-5-7-15(8-6-13)18-11-14-9-16(10-17)19(2)12-14/h5-9,12,18H,3-4,11H2,1-2H3. The molecule has 19 heavy (non-hydrogen) atoms. The van der Waals surface area contributed by atoms with E-state index in [4.69, 9.17) is 5.26 Å². The lowest BCUT2D eigenvalue weighted by Gasteiger charge is -2.06. The first-order valence-corrected chi connectivity index (χ1v) is 6.61. The number of aryl methyl sites for hydroxylation is 2. The fourth-order valence-corrected chi connectivity index (χ4v) is 2.12. The zero-order chi connectivity index (χ0) is 13.7. The molecule has 2 rings (SSSR count). The van der Waals surface area contributed by atoms with E-state index in [9.17, 15) is 0 Å². The van der Waals surface area contributed by atoms with Crippen molar-refractivity contribution in [2.24, 2.45) is 7.05 Å². The van der Waals surface area contributed by atoms with Crippen LogP contribution in [0.5, 0.6) is 0 Å². The van der Waals surface area contributed by atoms with Gasteiger partial charge in [-0.05, 0) is 35.7 Å². The molecule has 0 unspecified atom stereocenters. The van der Waals surface area contributed by atoms with Gasteiger partial charge >= 0.3 is 0 Å². The van der Waals surface area contributed by atoms with Crippen molar-refractivity contribution in [3.8, 4) is 6.07 Å². The Morgan fingerprint density at radius 1 is 1.21 bits per heavy atom. The molecule has 3 nitrogen and oxygen atoms in total. The summed E-state index contributed by atoms with van der Waals surface area (Å²) in [7, 11) is 1.89. The molecule has 0 aliphatic rings. The molecular formula is C16H19N3. The average molecular weight is 253 g/mol. The highest BCUT2D eigenvalue weighted by molar-refractivity contribution is 5.45. The Bertz CT molecular complexity index is 573. The highest BCUT2D eigenvalue weighted by Gasteiger charge is 2.02. The van der Waals surface area contributed by atoms with Crippen molar-refractivity contribution in [2.45, 2.75) is 26.3 Å². The number of nitrogens with one attached hydrogen (secondary N) is 1. The summed E-state index contributed by atoms with van der Waals surface area (Å²) in [6.45, 7) is 2.93. The van der Waals surface area contributed by atoms with Crippen molar-refractivity contribution >= 4 is 5.69 Å². The number of hydrogen-bond acceptors (Lipinski definition) is 2. The van der Waals surface area contributed by atoms with Crippen LogP contribution in [0.2, 0.25) is 0 Å². The molecule has 0 atom stereocenters. The Balaban J connectivity index is 1.96.